The summed E-state index contributed by atoms with van der Waals surface area (Å²) in [6.45, 7) is 0.580. The van der Waals surface area contributed by atoms with Crippen molar-refractivity contribution in [3.05, 3.63) is 94.2 Å². The van der Waals surface area contributed by atoms with Crippen LogP contribution in [0, 0.1) is 10.1 Å². The molecule has 0 aliphatic heterocycles. The second kappa shape index (κ2) is 7.39. The van der Waals surface area contributed by atoms with Crippen LogP contribution >= 0.6 is 0 Å². The normalized spacial score (nSPS) is 10.4. The van der Waals surface area contributed by atoms with Gasteiger partial charge in [-0.3, -0.25) is 19.9 Å². The lowest BCUT2D eigenvalue weighted by molar-refractivity contribution is -0.384. The van der Waals surface area contributed by atoms with Gasteiger partial charge in [0.2, 0.25) is 0 Å². The molecule has 1 amide bonds. The Hall–Kier alpha value is -3.48. The number of benzene rings is 1. The molecule has 0 aliphatic rings. The molecular formula is C18H15N3O4. The Bertz CT molecular complexity index is 846. The third-order valence-corrected chi connectivity index (χ3v) is 3.62. The average molecular weight is 337 g/mol. The summed E-state index contributed by atoms with van der Waals surface area (Å²) >= 11 is 0. The highest BCUT2D eigenvalue weighted by molar-refractivity contribution is 5.94. The first-order valence-electron chi connectivity index (χ1n) is 7.59. The molecule has 0 fully saturated rings. The first kappa shape index (κ1) is 16.4. The molecule has 0 radical (unpaired) electrons. The molecule has 0 unspecified atom stereocenters. The Kier molecular flexibility index (Phi) is 4.84. The Balaban J connectivity index is 1.84. The quantitative estimate of drug-likeness (QED) is 0.508. The van der Waals surface area contributed by atoms with E-state index in [4.69, 9.17) is 4.42 Å². The van der Waals surface area contributed by atoms with Gasteiger partial charge in [-0.15, -0.1) is 0 Å². The molecule has 3 rings (SSSR count). The summed E-state index contributed by atoms with van der Waals surface area (Å²) in [5.74, 6) is 0.392. The number of nitro benzene ring substituents is 1. The zero-order valence-corrected chi connectivity index (χ0v) is 13.2. The van der Waals surface area contributed by atoms with E-state index in [1.807, 2.05) is 12.1 Å². The number of furan rings is 1. The Labute approximate surface area is 143 Å². The molecule has 25 heavy (non-hydrogen) atoms. The fourth-order valence-electron chi connectivity index (χ4n) is 2.39. The van der Waals surface area contributed by atoms with Crippen LogP contribution in [0.15, 0.2) is 71.5 Å². The van der Waals surface area contributed by atoms with Crippen LogP contribution in [0.2, 0.25) is 0 Å². The van der Waals surface area contributed by atoms with E-state index in [0.717, 1.165) is 5.69 Å². The van der Waals surface area contributed by atoms with Crippen LogP contribution in [0.1, 0.15) is 21.8 Å². The molecule has 7 heteroatoms. The van der Waals surface area contributed by atoms with Crippen molar-refractivity contribution < 1.29 is 14.1 Å². The largest absolute Gasteiger partial charge is 0.467 e. The van der Waals surface area contributed by atoms with Crippen LogP contribution < -0.4 is 0 Å². The van der Waals surface area contributed by atoms with Crippen molar-refractivity contribution >= 4 is 11.6 Å². The summed E-state index contributed by atoms with van der Waals surface area (Å²) in [5, 5.41) is 10.8. The number of rotatable bonds is 6. The molecule has 0 N–H and O–H groups in total. The number of carbonyl (C=O) groups excluding carboxylic acids is 1. The van der Waals surface area contributed by atoms with Gasteiger partial charge in [-0.25, -0.2) is 0 Å². The van der Waals surface area contributed by atoms with Crippen molar-refractivity contribution in [2.24, 2.45) is 0 Å². The van der Waals surface area contributed by atoms with Crippen molar-refractivity contribution in [3.8, 4) is 0 Å². The molecule has 3 aromatic rings. The minimum absolute atomic E-state index is 0.0566. The number of amides is 1. The molecule has 0 atom stereocenters. The topological polar surface area (TPSA) is 89.5 Å². The molecule has 2 heterocycles. The Morgan fingerprint density at radius 3 is 2.48 bits per heavy atom. The summed E-state index contributed by atoms with van der Waals surface area (Å²) in [5.41, 5.74) is 1.05. The third kappa shape index (κ3) is 4.08. The molecule has 126 valence electrons. The number of hydrogen-bond donors (Lipinski definition) is 0. The number of aromatic nitrogens is 1. The van der Waals surface area contributed by atoms with Gasteiger partial charge in [-0.2, -0.15) is 0 Å². The molecule has 0 saturated carbocycles. The fourth-order valence-corrected chi connectivity index (χ4v) is 2.39. The molecule has 0 bridgehead atoms. The van der Waals surface area contributed by atoms with Gasteiger partial charge in [-0.05, 0) is 36.4 Å². The van der Waals surface area contributed by atoms with E-state index < -0.39 is 4.92 Å². The molecule has 0 aliphatic carbocycles. The van der Waals surface area contributed by atoms with Crippen LogP contribution in [-0.4, -0.2) is 20.7 Å². The van der Waals surface area contributed by atoms with Crippen molar-refractivity contribution in [3.63, 3.8) is 0 Å². The van der Waals surface area contributed by atoms with Crippen LogP contribution in [0.4, 0.5) is 5.69 Å². The van der Waals surface area contributed by atoms with Crippen LogP contribution in [-0.2, 0) is 13.1 Å². The number of pyridine rings is 1. The number of nitro groups is 1. The van der Waals surface area contributed by atoms with E-state index in [1.165, 1.54) is 24.3 Å². The predicted molar refractivity (Wildman–Crippen MR) is 89.6 cm³/mol. The second-order valence-corrected chi connectivity index (χ2v) is 5.37. The van der Waals surface area contributed by atoms with Crippen LogP contribution in [0.5, 0.6) is 0 Å². The summed E-state index contributed by atoms with van der Waals surface area (Å²) in [6.07, 6.45) is 3.21. The standard InChI is InChI=1S/C18H15N3O4/c22-18(14-6-8-16(9-7-14)21(23)24)20(13-17-5-3-11-25-17)12-15-4-1-2-10-19-15/h1-11H,12-13H2. The highest BCUT2D eigenvalue weighted by atomic mass is 16.6. The summed E-state index contributed by atoms with van der Waals surface area (Å²) in [7, 11) is 0. The van der Waals surface area contributed by atoms with E-state index in [-0.39, 0.29) is 18.1 Å². The van der Waals surface area contributed by atoms with Gasteiger partial charge >= 0.3 is 0 Å². The average Bonchev–Trinajstić information content (AvgIpc) is 3.14. The van der Waals surface area contributed by atoms with Gasteiger partial charge < -0.3 is 9.32 Å². The van der Waals surface area contributed by atoms with Crippen LogP contribution in [0.25, 0.3) is 0 Å². The lowest BCUT2D eigenvalue weighted by atomic mass is 10.1. The Morgan fingerprint density at radius 1 is 1.08 bits per heavy atom. The van der Waals surface area contributed by atoms with Crippen molar-refractivity contribution in [2.75, 3.05) is 0 Å². The minimum Gasteiger partial charge on any atom is -0.467 e. The molecule has 2 aromatic heterocycles. The predicted octanol–water partition coefficient (Wildman–Crippen LogP) is 3.43. The number of carbonyl (C=O) groups is 1. The molecule has 0 spiro atoms. The number of non-ortho nitro benzene ring substituents is 1. The molecular weight excluding hydrogens is 322 g/mol. The zero-order chi connectivity index (χ0) is 17.6. The second-order valence-electron chi connectivity index (χ2n) is 5.37. The van der Waals surface area contributed by atoms with Gasteiger partial charge in [0.25, 0.3) is 11.6 Å². The maximum atomic E-state index is 12.8. The molecule has 7 nitrogen and oxygen atoms in total. The lowest BCUT2D eigenvalue weighted by Crippen LogP contribution is -2.30. The SMILES string of the molecule is O=C(c1ccc([N+](=O)[O-])cc1)N(Cc1ccccn1)Cc1ccco1. The van der Waals surface area contributed by atoms with E-state index in [0.29, 0.717) is 17.9 Å². The number of nitrogens with zero attached hydrogens (tertiary/aromatic N) is 3. The van der Waals surface area contributed by atoms with Crippen molar-refractivity contribution in [1.82, 2.24) is 9.88 Å². The number of hydrogen-bond acceptors (Lipinski definition) is 5. The van der Waals surface area contributed by atoms with E-state index in [9.17, 15) is 14.9 Å². The Morgan fingerprint density at radius 2 is 1.88 bits per heavy atom. The first-order valence-corrected chi connectivity index (χ1v) is 7.59. The summed E-state index contributed by atoms with van der Waals surface area (Å²) < 4.78 is 5.33. The molecule has 0 saturated heterocycles. The third-order valence-electron chi connectivity index (χ3n) is 3.62. The summed E-state index contributed by atoms with van der Waals surface area (Å²) in [4.78, 5) is 28.9. The lowest BCUT2D eigenvalue weighted by Gasteiger charge is -2.21. The monoisotopic (exact) mass is 337 g/mol. The van der Waals surface area contributed by atoms with E-state index in [2.05, 4.69) is 4.98 Å². The van der Waals surface area contributed by atoms with Gasteiger partial charge in [0.1, 0.15) is 5.76 Å². The van der Waals surface area contributed by atoms with Gasteiger partial charge in [-0.1, -0.05) is 6.07 Å². The van der Waals surface area contributed by atoms with Crippen LogP contribution in [0.3, 0.4) is 0 Å². The maximum absolute atomic E-state index is 12.8. The minimum atomic E-state index is -0.497. The first-order chi connectivity index (χ1) is 12.1. The van der Waals surface area contributed by atoms with Gasteiger partial charge in [0.15, 0.2) is 0 Å². The van der Waals surface area contributed by atoms with E-state index >= 15 is 0 Å². The fraction of sp³-hybridized carbons (Fsp3) is 0.111. The highest BCUT2D eigenvalue weighted by Crippen LogP contribution is 2.17. The smallest absolute Gasteiger partial charge is 0.269 e. The molecule has 1 aromatic carbocycles. The van der Waals surface area contributed by atoms with Crippen molar-refractivity contribution in [1.29, 1.82) is 0 Å². The summed E-state index contributed by atoms with van der Waals surface area (Å²) in [6, 6.07) is 14.6. The van der Waals surface area contributed by atoms with Crippen molar-refractivity contribution in [2.45, 2.75) is 13.1 Å². The van der Waals surface area contributed by atoms with E-state index in [1.54, 1.807) is 35.6 Å². The maximum Gasteiger partial charge on any atom is 0.269 e. The van der Waals surface area contributed by atoms with Gasteiger partial charge in [0, 0.05) is 23.9 Å². The zero-order valence-electron chi connectivity index (χ0n) is 13.2. The van der Waals surface area contributed by atoms with Gasteiger partial charge in [0.05, 0.1) is 30.0 Å². The highest BCUT2D eigenvalue weighted by Gasteiger charge is 2.19.